The van der Waals surface area contributed by atoms with E-state index in [1.165, 1.54) is 27.8 Å². The average Bonchev–Trinajstić information content (AvgIpc) is 2.85. The third kappa shape index (κ3) is 2.97. The number of carbonyl (C=O) groups is 1. The van der Waals surface area contributed by atoms with Crippen molar-refractivity contribution in [3.8, 4) is 0 Å². The summed E-state index contributed by atoms with van der Waals surface area (Å²) in [5.74, 6) is -1.13. The van der Waals surface area contributed by atoms with Gasteiger partial charge in [-0.1, -0.05) is 6.92 Å². The number of thiophene rings is 1. The molecule has 0 aliphatic heterocycles. The zero-order chi connectivity index (χ0) is 15.0. The van der Waals surface area contributed by atoms with Crippen LogP contribution in [0, 0.1) is 17.6 Å². The summed E-state index contributed by atoms with van der Waals surface area (Å²) in [6, 6.07) is 5.02. The van der Waals surface area contributed by atoms with Crippen molar-refractivity contribution >= 4 is 22.9 Å². The highest BCUT2D eigenvalue weighted by Gasteiger charge is 2.21. The minimum Gasteiger partial charge on any atom is -0.319 e. The number of halogens is 2. The van der Waals surface area contributed by atoms with Gasteiger partial charge in [0.15, 0.2) is 0 Å². The maximum Gasteiger partial charge on any atom is 0.265 e. The van der Waals surface area contributed by atoms with Gasteiger partial charge in [0.2, 0.25) is 0 Å². The van der Waals surface area contributed by atoms with E-state index in [2.05, 4.69) is 12.2 Å². The molecule has 1 heterocycles. The van der Waals surface area contributed by atoms with Crippen molar-refractivity contribution < 1.29 is 13.6 Å². The molecule has 2 aromatic rings. The van der Waals surface area contributed by atoms with Gasteiger partial charge in [0, 0.05) is 10.9 Å². The normalized spacial score (nSPS) is 17.4. The molecule has 0 fully saturated rings. The second kappa shape index (κ2) is 5.56. The number of anilines is 1. The van der Waals surface area contributed by atoms with Gasteiger partial charge in [-0.15, -0.1) is 11.3 Å². The van der Waals surface area contributed by atoms with Crippen molar-refractivity contribution in [2.45, 2.75) is 26.2 Å². The Morgan fingerprint density at radius 2 is 2.14 bits per heavy atom. The van der Waals surface area contributed by atoms with E-state index in [0.717, 1.165) is 31.4 Å². The third-order valence-corrected chi connectivity index (χ3v) is 4.97. The summed E-state index contributed by atoms with van der Waals surface area (Å²) in [6.07, 6.45) is 3.13. The van der Waals surface area contributed by atoms with E-state index in [0.29, 0.717) is 10.8 Å². The highest BCUT2D eigenvalue weighted by atomic mass is 32.1. The largest absolute Gasteiger partial charge is 0.319 e. The Morgan fingerprint density at radius 1 is 1.33 bits per heavy atom. The van der Waals surface area contributed by atoms with Gasteiger partial charge in [0.1, 0.15) is 11.6 Å². The molecule has 5 heteroatoms. The molecule has 0 saturated heterocycles. The third-order valence-electron chi connectivity index (χ3n) is 3.73. The van der Waals surface area contributed by atoms with Gasteiger partial charge < -0.3 is 5.32 Å². The fourth-order valence-corrected chi connectivity index (χ4v) is 3.70. The molecule has 1 aliphatic rings. The van der Waals surface area contributed by atoms with Crippen LogP contribution in [0.25, 0.3) is 0 Å². The van der Waals surface area contributed by atoms with E-state index in [1.807, 2.05) is 6.07 Å². The maximum absolute atomic E-state index is 13.6. The van der Waals surface area contributed by atoms with Gasteiger partial charge in [0.25, 0.3) is 5.91 Å². The van der Waals surface area contributed by atoms with Crippen molar-refractivity contribution in [3.05, 3.63) is 51.2 Å². The van der Waals surface area contributed by atoms with Crippen LogP contribution in [0.5, 0.6) is 0 Å². The van der Waals surface area contributed by atoms with Crippen LogP contribution in [0.2, 0.25) is 0 Å². The Labute approximate surface area is 125 Å². The lowest BCUT2D eigenvalue weighted by atomic mass is 9.90. The SMILES string of the molecule is C[C@H]1CCc2sc(C(=O)Nc3ccc(F)cc3F)cc2C1. The van der Waals surface area contributed by atoms with E-state index in [1.54, 1.807) is 0 Å². The highest BCUT2D eigenvalue weighted by molar-refractivity contribution is 7.14. The number of hydrogen-bond acceptors (Lipinski definition) is 2. The number of aryl methyl sites for hydroxylation is 1. The zero-order valence-corrected chi connectivity index (χ0v) is 12.4. The number of carbonyl (C=O) groups excluding carboxylic acids is 1. The monoisotopic (exact) mass is 307 g/mol. The van der Waals surface area contributed by atoms with Crippen LogP contribution >= 0.6 is 11.3 Å². The smallest absolute Gasteiger partial charge is 0.265 e. The Morgan fingerprint density at radius 3 is 2.90 bits per heavy atom. The molecule has 0 bridgehead atoms. The van der Waals surface area contributed by atoms with Crippen LogP contribution in [-0.4, -0.2) is 5.91 Å². The Balaban J connectivity index is 1.79. The van der Waals surface area contributed by atoms with E-state index < -0.39 is 11.6 Å². The molecule has 0 saturated carbocycles. The number of fused-ring (bicyclic) bond motifs is 1. The predicted octanol–water partition coefficient (Wildman–Crippen LogP) is 4.40. The van der Waals surface area contributed by atoms with E-state index in [4.69, 9.17) is 0 Å². The van der Waals surface area contributed by atoms with Crippen LogP contribution in [-0.2, 0) is 12.8 Å². The molecule has 2 nitrogen and oxygen atoms in total. The summed E-state index contributed by atoms with van der Waals surface area (Å²) in [7, 11) is 0. The van der Waals surface area contributed by atoms with Gasteiger partial charge in [-0.2, -0.15) is 0 Å². The minimum absolute atomic E-state index is 0.00106. The fraction of sp³-hybridized carbons (Fsp3) is 0.312. The highest BCUT2D eigenvalue weighted by Crippen LogP contribution is 2.32. The number of benzene rings is 1. The number of amides is 1. The summed E-state index contributed by atoms with van der Waals surface area (Å²) in [5, 5.41) is 2.50. The lowest BCUT2D eigenvalue weighted by molar-refractivity contribution is 0.103. The fourth-order valence-electron chi connectivity index (χ4n) is 2.59. The van der Waals surface area contributed by atoms with Crippen LogP contribution in [0.15, 0.2) is 24.3 Å². The lowest BCUT2D eigenvalue weighted by Gasteiger charge is -2.16. The molecule has 3 rings (SSSR count). The molecule has 0 radical (unpaired) electrons. The predicted molar refractivity (Wildman–Crippen MR) is 79.8 cm³/mol. The van der Waals surface area contributed by atoms with Crippen molar-refractivity contribution in [3.63, 3.8) is 0 Å². The molecule has 1 amide bonds. The van der Waals surface area contributed by atoms with Gasteiger partial charge in [-0.25, -0.2) is 8.78 Å². The van der Waals surface area contributed by atoms with Crippen LogP contribution in [0.1, 0.15) is 33.5 Å². The second-order valence-electron chi connectivity index (χ2n) is 5.49. The minimum atomic E-state index is -0.765. The maximum atomic E-state index is 13.6. The van der Waals surface area contributed by atoms with Crippen molar-refractivity contribution in [1.29, 1.82) is 0 Å². The Bertz CT molecular complexity index is 696. The molecular weight excluding hydrogens is 292 g/mol. The van der Waals surface area contributed by atoms with E-state index in [9.17, 15) is 13.6 Å². The first-order valence-electron chi connectivity index (χ1n) is 6.91. The molecule has 0 unspecified atom stereocenters. The number of nitrogens with one attached hydrogen (secondary N) is 1. The molecule has 1 aromatic heterocycles. The topological polar surface area (TPSA) is 29.1 Å². The van der Waals surface area contributed by atoms with Gasteiger partial charge in [0.05, 0.1) is 10.6 Å². The first kappa shape index (κ1) is 14.2. The molecule has 1 aromatic carbocycles. The number of hydrogen-bond donors (Lipinski definition) is 1. The molecule has 1 atom stereocenters. The standard InChI is InChI=1S/C16H15F2NOS/c1-9-2-5-14-10(6-9)7-15(21-14)16(20)19-13-4-3-11(17)8-12(13)18/h3-4,7-9H,2,5-6H2,1H3,(H,19,20)/t9-/m0/s1. The van der Waals surface area contributed by atoms with Crippen LogP contribution in [0.3, 0.4) is 0 Å². The Hall–Kier alpha value is -1.75. The van der Waals surface area contributed by atoms with Crippen LogP contribution < -0.4 is 5.32 Å². The molecule has 1 N–H and O–H groups in total. The summed E-state index contributed by atoms with van der Waals surface area (Å²) in [5.41, 5.74) is 1.23. The molecule has 1 aliphatic carbocycles. The van der Waals surface area contributed by atoms with Crippen LogP contribution in [0.4, 0.5) is 14.5 Å². The number of rotatable bonds is 2. The molecular formula is C16H15F2NOS. The van der Waals surface area contributed by atoms with Crippen molar-refractivity contribution in [2.75, 3.05) is 5.32 Å². The van der Waals surface area contributed by atoms with Gasteiger partial charge in [-0.05, 0) is 48.9 Å². The van der Waals surface area contributed by atoms with E-state index >= 15 is 0 Å². The molecule has 21 heavy (non-hydrogen) atoms. The lowest BCUT2D eigenvalue weighted by Crippen LogP contribution is -2.11. The van der Waals surface area contributed by atoms with Gasteiger partial charge >= 0.3 is 0 Å². The van der Waals surface area contributed by atoms with Crippen molar-refractivity contribution in [1.82, 2.24) is 0 Å². The molecule has 0 spiro atoms. The average molecular weight is 307 g/mol. The van der Waals surface area contributed by atoms with E-state index in [-0.39, 0.29) is 11.6 Å². The van der Waals surface area contributed by atoms with Crippen molar-refractivity contribution in [2.24, 2.45) is 5.92 Å². The zero-order valence-electron chi connectivity index (χ0n) is 11.6. The molecule has 110 valence electrons. The summed E-state index contributed by atoms with van der Waals surface area (Å²) < 4.78 is 26.4. The first-order chi connectivity index (χ1) is 10.0. The summed E-state index contributed by atoms with van der Waals surface area (Å²) >= 11 is 1.47. The summed E-state index contributed by atoms with van der Waals surface area (Å²) in [6.45, 7) is 2.20. The second-order valence-corrected chi connectivity index (χ2v) is 6.62. The Kier molecular flexibility index (Phi) is 3.76. The first-order valence-corrected chi connectivity index (χ1v) is 7.72. The van der Waals surface area contributed by atoms with Gasteiger partial charge in [-0.3, -0.25) is 4.79 Å². The quantitative estimate of drug-likeness (QED) is 0.875. The summed E-state index contributed by atoms with van der Waals surface area (Å²) in [4.78, 5) is 14.0.